The van der Waals surface area contributed by atoms with Crippen LogP contribution in [0.2, 0.25) is 0 Å². The Morgan fingerprint density at radius 1 is 0.950 bits per heavy atom. The van der Waals surface area contributed by atoms with Crippen molar-refractivity contribution < 1.29 is 50.2 Å². The van der Waals surface area contributed by atoms with Gasteiger partial charge in [0.2, 0.25) is 0 Å². The van der Waals surface area contributed by atoms with Gasteiger partial charge in [0.1, 0.15) is 0 Å². The molecule has 2 bridgehead atoms. The molecular formula is C23H33InN5O10S-3. The van der Waals surface area contributed by atoms with Crippen LogP contribution >= 0.6 is 12.2 Å². The third kappa shape index (κ3) is 9.45. The summed E-state index contributed by atoms with van der Waals surface area (Å²) < 4.78 is -2.98. The van der Waals surface area contributed by atoms with Crippen molar-refractivity contribution in [2.75, 3.05) is 64.7 Å². The van der Waals surface area contributed by atoms with E-state index in [9.17, 15) is 35.6 Å². The molecule has 3 fully saturated rings. The Labute approximate surface area is 244 Å². The van der Waals surface area contributed by atoms with Crippen molar-refractivity contribution in [1.82, 2.24) is 20.0 Å². The third-order valence-corrected chi connectivity index (χ3v) is 17.7. The quantitative estimate of drug-likeness (QED) is 0.105. The molecule has 0 aromatic heterocycles. The number of nitrogens with one attached hydrogen (secondary N) is 2. The molecule has 0 radical (unpaired) electrons. The van der Waals surface area contributed by atoms with E-state index in [0.717, 1.165) is 11.3 Å². The first-order valence-electron chi connectivity index (χ1n) is 12.7. The molecule has 0 saturated carbocycles. The molecule has 3 aliphatic heterocycles. The number of carbonyl (C=O) groups is 2. The van der Waals surface area contributed by atoms with Crippen LogP contribution < -0.4 is 26.4 Å². The number of hydrogen-bond donors (Lipinski definition) is 4. The number of carboxylic acid groups (broad SMARTS) is 2. The standard InChI is InChI=1S/C23H36N5O10S.In/c1-24-23(39)25-19-4-2-18(3-5-19)14-20(28(10-13-38-35)17-22(31)32)15-27(16-21(29)30)7-6-26(8-11-36-33)9-12-37-34;/h2-5,11-13,20,33-35H,6-10,14-17H2,1H3,(H,29,30)(H,31,32)(H2,24,25,39);/p-3/i;1-4. The van der Waals surface area contributed by atoms with E-state index in [4.69, 9.17) is 12.2 Å². The molecular weight excluding hydrogens is 649 g/mol. The van der Waals surface area contributed by atoms with Crippen molar-refractivity contribution in [1.29, 1.82) is 0 Å². The molecule has 4 unspecified atom stereocenters. The topological polar surface area (TPSA) is 205 Å². The zero-order chi connectivity index (χ0) is 29.2. The Kier molecular flexibility index (Phi) is 13.2. The molecule has 1 aromatic rings. The van der Waals surface area contributed by atoms with Crippen LogP contribution in [0.5, 0.6) is 0 Å². The molecule has 222 valence electrons. The van der Waals surface area contributed by atoms with Gasteiger partial charge in [-0.15, -0.1) is 0 Å². The van der Waals surface area contributed by atoms with Gasteiger partial charge in [-0.3, -0.25) is 0 Å². The van der Waals surface area contributed by atoms with Gasteiger partial charge in [0.25, 0.3) is 0 Å². The van der Waals surface area contributed by atoms with E-state index in [0.29, 0.717) is 18.1 Å². The first kappa shape index (κ1) is 32.9. The van der Waals surface area contributed by atoms with Gasteiger partial charge in [-0.25, -0.2) is 0 Å². The first-order chi connectivity index (χ1) is 19.2. The number of thiocarbonyl (C=S) groups is 1. The predicted octanol–water partition coefficient (Wildman–Crippen LogP) is -4.29. The fourth-order valence-corrected chi connectivity index (χ4v) is 15.3. The minimum atomic E-state index is -3.72. The van der Waals surface area contributed by atoms with Gasteiger partial charge in [0, 0.05) is 7.05 Å². The number of benzene rings is 1. The Hall–Kier alpha value is -1.64. The van der Waals surface area contributed by atoms with Gasteiger partial charge in [-0.05, 0) is 0 Å². The van der Waals surface area contributed by atoms with E-state index < -0.39 is 57.5 Å². The fourth-order valence-electron chi connectivity index (χ4n) is 5.39. The van der Waals surface area contributed by atoms with Crippen LogP contribution in [-0.2, 0) is 30.7 Å². The minimum absolute atomic E-state index is 0.157. The Morgan fingerprint density at radius 2 is 1.52 bits per heavy atom. The van der Waals surface area contributed by atoms with Gasteiger partial charge in [-0.2, -0.15) is 0 Å². The SMILES string of the molecule is CNC(=S)Nc1ccc(CC2CN(CC(=O)O)CCN3C[CH](O[O-])[111In]([CH](O[O-])C3)[CH](O[O-])CN2CC(=O)O)cc1. The van der Waals surface area contributed by atoms with Gasteiger partial charge < -0.3 is 0 Å². The summed E-state index contributed by atoms with van der Waals surface area (Å²) in [5.74, 6) is -2.23. The first-order valence-corrected chi connectivity index (χ1v) is 18.8. The maximum absolute atomic E-state index is 12.0. The average molecular weight is 683 g/mol. The molecule has 17 heteroatoms. The van der Waals surface area contributed by atoms with E-state index in [1.165, 1.54) is 0 Å². The second-order valence-electron chi connectivity index (χ2n) is 9.95. The molecule has 4 N–H and O–H groups in total. The van der Waals surface area contributed by atoms with E-state index in [-0.39, 0.29) is 39.3 Å². The summed E-state index contributed by atoms with van der Waals surface area (Å²) >= 11 is 1.40. The van der Waals surface area contributed by atoms with Crippen molar-refractivity contribution in [2.45, 2.75) is 24.0 Å². The molecule has 15 nitrogen and oxygen atoms in total. The van der Waals surface area contributed by atoms with E-state index >= 15 is 0 Å². The molecule has 0 aliphatic carbocycles. The van der Waals surface area contributed by atoms with Crippen molar-refractivity contribution in [2.24, 2.45) is 0 Å². The van der Waals surface area contributed by atoms with Crippen molar-refractivity contribution >= 4 is 56.4 Å². The monoisotopic (exact) mass is 682 g/mol. The van der Waals surface area contributed by atoms with Gasteiger partial charge in [-0.1, -0.05) is 0 Å². The van der Waals surface area contributed by atoms with Gasteiger partial charge >= 0.3 is 238 Å². The van der Waals surface area contributed by atoms with Crippen LogP contribution in [0.4, 0.5) is 5.69 Å². The predicted molar refractivity (Wildman–Crippen MR) is 139 cm³/mol. The van der Waals surface area contributed by atoms with Crippen LogP contribution in [0.15, 0.2) is 24.3 Å². The summed E-state index contributed by atoms with van der Waals surface area (Å²) in [6, 6.07) is 6.75. The second kappa shape index (κ2) is 16.1. The van der Waals surface area contributed by atoms with Crippen LogP contribution in [0.1, 0.15) is 5.56 Å². The molecule has 1 aromatic carbocycles. The molecule has 3 saturated heterocycles. The Balaban J connectivity index is 1.98. The molecule has 3 aliphatic rings. The number of carboxylic acids is 2. The van der Waals surface area contributed by atoms with Crippen molar-refractivity contribution in [3.63, 3.8) is 0 Å². The Bertz CT molecular complexity index is 981. The van der Waals surface area contributed by atoms with E-state index in [1.54, 1.807) is 21.7 Å². The van der Waals surface area contributed by atoms with E-state index in [2.05, 4.69) is 25.3 Å². The summed E-state index contributed by atoms with van der Waals surface area (Å²) in [5.41, 5.74) is 1.57. The van der Waals surface area contributed by atoms with Crippen molar-refractivity contribution in [3.05, 3.63) is 29.8 Å². The molecule has 4 rings (SSSR count). The number of fused-ring (bicyclic) bond motifs is 9. The zero-order valence-corrected chi connectivity index (χ0v) is 26.1. The molecule has 3 heterocycles. The number of anilines is 1. The maximum atomic E-state index is 12.0. The molecule has 4 atom stereocenters. The molecule has 0 amide bonds. The molecule has 40 heavy (non-hydrogen) atoms. The summed E-state index contributed by atoms with van der Waals surface area (Å²) in [6.07, 6.45) is 0.318. The second-order valence-corrected chi connectivity index (χ2v) is 20.0. The number of hydrogen-bond acceptors (Lipinski definition) is 12. The average Bonchev–Trinajstić information content (AvgIpc) is 2.92. The van der Waals surface area contributed by atoms with Crippen LogP contribution in [-0.4, -0.2) is 140 Å². The summed E-state index contributed by atoms with van der Waals surface area (Å²) in [6.45, 7) is 0.123. The van der Waals surface area contributed by atoms with Crippen LogP contribution in [0.25, 0.3) is 0 Å². The number of aliphatic carboxylic acids is 2. The van der Waals surface area contributed by atoms with Gasteiger partial charge in [0.05, 0.1) is 0 Å². The molecule has 0 spiro atoms. The van der Waals surface area contributed by atoms with Crippen LogP contribution in [0, 0.1) is 0 Å². The summed E-state index contributed by atoms with van der Waals surface area (Å²) in [4.78, 5) is 42.2. The zero-order valence-electron chi connectivity index (χ0n) is 22.0. The number of nitrogens with zero attached hydrogens (tertiary/aromatic N) is 3. The summed E-state index contributed by atoms with van der Waals surface area (Å²) in [7, 11) is 1.69. The Morgan fingerprint density at radius 3 is 2.05 bits per heavy atom. The van der Waals surface area contributed by atoms with Crippen LogP contribution in [0.3, 0.4) is 0 Å². The van der Waals surface area contributed by atoms with Crippen molar-refractivity contribution in [3.8, 4) is 0 Å². The van der Waals surface area contributed by atoms with Gasteiger partial charge in [0.15, 0.2) is 0 Å². The van der Waals surface area contributed by atoms with E-state index in [1.807, 2.05) is 24.3 Å². The fraction of sp³-hybridized carbons (Fsp3) is 0.609. The number of rotatable bonds is 10. The summed E-state index contributed by atoms with van der Waals surface area (Å²) in [5, 5.41) is 61.0. The normalized spacial score (nSPS) is 26.5. The third-order valence-electron chi connectivity index (χ3n) is 7.27.